The summed E-state index contributed by atoms with van der Waals surface area (Å²) in [5.41, 5.74) is 2.24. The summed E-state index contributed by atoms with van der Waals surface area (Å²) < 4.78 is 1.16. The van der Waals surface area contributed by atoms with E-state index in [2.05, 4.69) is 5.10 Å². The molecule has 1 heterocycles. The van der Waals surface area contributed by atoms with Crippen LogP contribution in [-0.2, 0) is 6.54 Å². The van der Waals surface area contributed by atoms with E-state index in [1.54, 1.807) is 0 Å². The Labute approximate surface area is 145 Å². The minimum absolute atomic E-state index is 0.0357. The van der Waals surface area contributed by atoms with Crippen LogP contribution in [0.15, 0.2) is 65.5 Å². The lowest BCUT2D eigenvalue weighted by atomic mass is 9.94. The van der Waals surface area contributed by atoms with Gasteiger partial charge in [-0.2, -0.15) is 5.10 Å². The lowest BCUT2D eigenvalue weighted by Gasteiger charge is -2.15. The van der Waals surface area contributed by atoms with E-state index < -0.39 is 5.56 Å². The van der Waals surface area contributed by atoms with Gasteiger partial charge in [-0.1, -0.05) is 60.7 Å². The van der Waals surface area contributed by atoms with Gasteiger partial charge in [-0.3, -0.25) is 9.59 Å². The van der Waals surface area contributed by atoms with E-state index in [9.17, 15) is 14.7 Å². The molecule has 0 atom stereocenters. The first kappa shape index (κ1) is 16.8. The third-order valence-electron chi connectivity index (χ3n) is 3.93. The first-order valence-corrected chi connectivity index (χ1v) is 8.01. The zero-order valence-corrected chi connectivity index (χ0v) is 13.8. The van der Waals surface area contributed by atoms with Gasteiger partial charge < -0.3 is 5.11 Å². The van der Waals surface area contributed by atoms with Crippen molar-refractivity contribution in [2.75, 3.05) is 6.61 Å². The summed E-state index contributed by atoms with van der Waals surface area (Å²) in [4.78, 5) is 25.0. The van der Waals surface area contributed by atoms with Gasteiger partial charge in [0.15, 0.2) is 5.78 Å². The standard InChI is InChI=1S/C20H18N2O3/c1-14(24)17-18(15-8-4-2-5-9-15)19(16-10-6-3-7-11-16)21-22(12-13-23)20(17)25/h2-11,23H,12-13H2,1H3. The molecule has 0 amide bonds. The molecule has 5 heteroatoms. The van der Waals surface area contributed by atoms with Crippen molar-refractivity contribution in [3.8, 4) is 22.4 Å². The van der Waals surface area contributed by atoms with E-state index in [1.165, 1.54) is 6.92 Å². The van der Waals surface area contributed by atoms with Crippen molar-refractivity contribution in [1.29, 1.82) is 0 Å². The van der Waals surface area contributed by atoms with E-state index in [0.717, 1.165) is 15.8 Å². The second-order valence-electron chi connectivity index (χ2n) is 5.64. The molecule has 0 fully saturated rings. The van der Waals surface area contributed by atoms with Crippen LogP contribution in [0.3, 0.4) is 0 Å². The lowest BCUT2D eigenvalue weighted by molar-refractivity contribution is 0.101. The molecule has 0 unspecified atom stereocenters. The van der Waals surface area contributed by atoms with Crippen LogP contribution in [0, 0.1) is 0 Å². The SMILES string of the molecule is CC(=O)c1c(-c2ccccc2)c(-c2ccccc2)nn(CCO)c1=O. The fourth-order valence-corrected chi connectivity index (χ4v) is 2.83. The van der Waals surface area contributed by atoms with E-state index in [0.29, 0.717) is 11.3 Å². The Hall–Kier alpha value is -3.05. The minimum Gasteiger partial charge on any atom is -0.394 e. The number of hydrogen-bond acceptors (Lipinski definition) is 4. The number of nitrogens with zero attached hydrogens (tertiary/aromatic N) is 2. The molecule has 5 nitrogen and oxygen atoms in total. The maximum atomic E-state index is 12.7. The summed E-state index contributed by atoms with van der Waals surface area (Å²) in [6, 6.07) is 18.7. The Bertz CT molecular complexity index is 948. The summed E-state index contributed by atoms with van der Waals surface area (Å²) in [5, 5.41) is 13.7. The van der Waals surface area contributed by atoms with E-state index in [1.807, 2.05) is 60.7 Å². The quantitative estimate of drug-likeness (QED) is 0.728. The van der Waals surface area contributed by atoms with Crippen molar-refractivity contribution < 1.29 is 9.90 Å². The predicted molar refractivity (Wildman–Crippen MR) is 96.5 cm³/mol. The summed E-state index contributed by atoms with van der Waals surface area (Å²) in [7, 11) is 0. The van der Waals surface area contributed by atoms with Crippen LogP contribution in [0.1, 0.15) is 17.3 Å². The largest absolute Gasteiger partial charge is 0.394 e. The number of benzene rings is 2. The van der Waals surface area contributed by atoms with Crippen molar-refractivity contribution >= 4 is 5.78 Å². The maximum absolute atomic E-state index is 12.7. The van der Waals surface area contributed by atoms with E-state index >= 15 is 0 Å². The Morgan fingerprint density at radius 3 is 2.08 bits per heavy atom. The zero-order valence-electron chi connectivity index (χ0n) is 13.8. The van der Waals surface area contributed by atoms with E-state index in [-0.39, 0.29) is 24.5 Å². The molecule has 0 spiro atoms. The molecule has 0 bridgehead atoms. The molecule has 0 saturated heterocycles. The summed E-state index contributed by atoms with van der Waals surface area (Å²) in [6.45, 7) is 1.18. The summed E-state index contributed by atoms with van der Waals surface area (Å²) in [5.74, 6) is -0.324. The smallest absolute Gasteiger partial charge is 0.278 e. The van der Waals surface area contributed by atoms with Crippen molar-refractivity contribution in [3.05, 3.63) is 76.6 Å². The number of rotatable bonds is 5. The Morgan fingerprint density at radius 2 is 1.56 bits per heavy atom. The Morgan fingerprint density at radius 1 is 1.00 bits per heavy atom. The Balaban J connectivity index is 2.43. The van der Waals surface area contributed by atoms with Gasteiger partial charge in [0.1, 0.15) is 0 Å². The van der Waals surface area contributed by atoms with Crippen LogP contribution in [0.5, 0.6) is 0 Å². The zero-order chi connectivity index (χ0) is 17.8. The molecule has 3 aromatic rings. The van der Waals surface area contributed by atoms with Crippen LogP contribution < -0.4 is 5.56 Å². The van der Waals surface area contributed by atoms with Gasteiger partial charge in [0, 0.05) is 11.1 Å². The average Bonchev–Trinajstić information content (AvgIpc) is 2.64. The number of aliphatic hydroxyl groups is 1. The fourth-order valence-electron chi connectivity index (χ4n) is 2.83. The van der Waals surface area contributed by atoms with Crippen molar-refractivity contribution in [2.45, 2.75) is 13.5 Å². The number of carbonyl (C=O) groups excluding carboxylic acids is 1. The number of hydrogen-bond donors (Lipinski definition) is 1. The third-order valence-corrected chi connectivity index (χ3v) is 3.93. The molecular weight excluding hydrogens is 316 g/mol. The van der Waals surface area contributed by atoms with Gasteiger partial charge in [0.2, 0.25) is 0 Å². The number of aromatic nitrogens is 2. The first-order chi connectivity index (χ1) is 12.1. The molecule has 1 aromatic heterocycles. The molecule has 25 heavy (non-hydrogen) atoms. The summed E-state index contributed by atoms with van der Waals surface area (Å²) in [6.07, 6.45) is 0. The number of carbonyl (C=O) groups is 1. The molecule has 1 N–H and O–H groups in total. The van der Waals surface area contributed by atoms with Crippen molar-refractivity contribution in [2.24, 2.45) is 0 Å². The molecule has 2 aromatic carbocycles. The van der Waals surface area contributed by atoms with Crippen molar-refractivity contribution in [3.63, 3.8) is 0 Å². The highest BCUT2D eigenvalue weighted by molar-refractivity contribution is 6.03. The third kappa shape index (κ3) is 3.27. The predicted octanol–water partition coefficient (Wildman–Crippen LogP) is 2.77. The summed E-state index contributed by atoms with van der Waals surface area (Å²) >= 11 is 0. The molecule has 3 rings (SSSR count). The van der Waals surface area contributed by atoms with Gasteiger partial charge in [0.25, 0.3) is 5.56 Å². The fraction of sp³-hybridized carbons (Fsp3) is 0.150. The molecule has 0 aliphatic carbocycles. The van der Waals surface area contributed by atoms with Gasteiger partial charge in [-0.05, 0) is 12.5 Å². The first-order valence-electron chi connectivity index (χ1n) is 8.01. The highest BCUT2D eigenvalue weighted by Crippen LogP contribution is 2.32. The number of ketones is 1. The number of Topliss-reactive ketones (excluding diaryl/α,β-unsaturated/α-hetero) is 1. The van der Waals surface area contributed by atoms with Crippen LogP contribution >= 0.6 is 0 Å². The molecule has 0 aliphatic heterocycles. The van der Waals surface area contributed by atoms with Gasteiger partial charge >= 0.3 is 0 Å². The van der Waals surface area contributed by atoms with Crippen molar-refractivity contribution in [1.82, 2.24) is 9.78 Å². The molecular formula is C20H18N2O3. The normalized spacial score (nSPS) is 10.6. The second-order valence-corrected chi connectivity index (χ2v) is 5.64. The highest BCUT2D eigenvalue weighted by Gasteiger charge is 2.22. The molecule has 0 saturated carbocycles. The molecule has 126 valence electrons. The molecule has 0 radical (unpaired) electrons. The monoisotopic (exact) mass is 334 g/mol. The van der Waals surface area contributed by atoms with Gasteiger partial charge in [-0.25, -0.2) is 4.68 Å². The lowest BCUT2D eigenvalue weighted by Crippen LogP contribution is -2.30. The second kappa shape index (κ2) is 7.23. The molecule has 0 aliphatic rings. The highest BCUT2D eigenvalue weighted by atomic mass is 16.3. The number of aliphatic hydroxyl groups excluding tert-OH is 1. The van der Waals surface area contributed by atoms with Crippen LogP contribution in [0.25, 0.3) is 22.4 Å². The van der Waals surface area contributed by atoms with Gasteiger partial charge in [-0.15, -0.1) is 0 Å². The maximum Gasteiger partial charge on any atom is 0.278 e. The average molecular weight is 334 g/mol. The van der Waals surface area contributed by atoms with E-state index in [4.69, 9.17) is 0 Å². The van der Waals surface area contributed by atoms with Gasteiger partial charge in [0.05, 0.1) is 24.4 Å². The Kier molecular flexibility index (Phi) is 4.86. The van der Waals surface area contributed by atoms with Crippen LogP contribution in [0.2, 0.25) is 0 Å². The van der Waals surface area contributed by atoms with Crippen LogP contribution in [-0.4, -0.2) is 27.3 Å². The van der Waals surface area contributed by atoms with Crippen LogP contribution in [0.4, 0.5) is 0 Å². The minimum atomic E-state index is -0.486. The topological polar surface area (TPSA) is 72.2 Å².